The van der Waals surface area contributed by atoms with Crippen molar-refractivity contribution in [3.05, 3.63) is 63.9 Å². The molecule has 5 heteroatoms. The summed E-state index contributed by atoms with van der Waals surface area (Å²) < 4.78 is 13.9. The van der Waals surface area contributed by atoms with Crippen LogP contribution in [0.15, 0.2) is 42.5 Å². The molecule has 0 spiro atoms. The van der Waals surface area contributed by atoms with Crippen LogP contribution in [0, 0.1) is 5.82 Å². The van der Waals surface area contributed by atoms with Gasteiger partial charge in [-0.1, -0.05) is 29.3 Å². The van der Waals surface area contributed by atoms with Gasteiger partial charge in [0.15, 0.2) is 0 Å². The summed E-state index contributed by atoms with van der Waals surface area (Å²) in [6, 6.07) is 11.3. The molecule has 0 radical (unpaired) electrons. The second-order valence-corrected chi connectivity index (χ2v) is 4.92. The Bertz CT molecular complexity index is 538. The molecule has 100 valence electrons. The summed E-state index contributed by atoms with van der Waals surface area (Å²) in [6.07, 6.45) is 0. The van der Waals surface area contributed by atoms with Crippen molar-refractivity contribution in [3.63, 3.8) is 0 Å². The lowest BCUT2D eigenvalue weighted by Crippen LogP contribution is -2.22. The van der Waals surface area contributed by atoms with Crippen LogP contribution in [-0.4, -0.2) is 6.54 Å². The summed E-state index contributed by atoms with van der Waals surface area (Å²) in [5.41, 5.74) is 6.89. The molecule has 0 heterocycles. The third kappa shape index (κ3) is 3.38. The van der Waals surface area contributed by atoms with E-state index < -0.39 is 6.04 Å². The molecule has 0 bridgehead atoms. The summed E-state index contributed by atoms with van der Waals surface area (Å²) in [4.78, 5) is 0. The number of halogens is 3. The highest BCUT2D eigenvalue weighted by molar-refractivity contribution is 6.31. The summed E-state index contributed by atoms with van der Waals surface area (Å²) in [6.45, 7) is 0.225. The highest BCUT2D eigenvalue weighted by atomic mass is 35.5. The van der Waals surface area contributed by atoms with Crippen LogP contribution in [0.3, 0.4) is 0 Å². The van der Waals surface area contributed by atoms with Gasteiger partial charge in [0.05, 0.1) is 6.04 Å². The molecule has 2 aromatic carbocycles. The fourth-order valence-electron chi connectivity index (χ4n) is 1.84. The molecule has 1 atom stereocenters. The lowest BCUT2D eigenvalue weighted by atomic mass is 10.1. The number of rotatable bonds is 4. The van der Waals surface area contributed by atoms with Crippen LogP contribution in [-0.2, 0) is 0 Å². The van der Waals surface area contributed by atoms with Crippen LogP contribution < -0.4 is 11.1 Å². The number of hydrogen-bond donors (Lipinski definition) is 2. The second-order valence-electron chi connectivity index (χ2n) is 4.07. The van der Waals surface area contributed by atoms with Crippen molar-refractivity contribution in [2.45, 2.75) is 6.04 Å². The van der Waals surface area contributed by atoms with Gasteiger partial charge in [-0.05, 0) is 36.4 Å². The van der Waals surface area contributed by atoms with Crippen LogP contribution in [0.1, 0.15) is 11.6 Å². The Kier molecular flexibility index (Phi) is 4.64. The van der Waals surface area contributed by atoms with E-state index in [4.69, 9.17) is 28.9 Å². The highest BCUT2D eigenvalue weighted by Gasteiger charge is 2.17. The third-order valence-corrected chi connectivity index (χ3v) is 3.35. The fraction of sp³-hybridized carbons (Fsp3) is 0.143. The Morgan fingerprint density at radius 3 is 2.37 bits per heavy atom. The van der Waals surface area contributed by atoms with Crippen molar-refractivity contribution in [2.75, 3.05) is 11.9 Å². The smallest absolute Gasteiger partial charge is 0.130 e. The number of nitrogens with one attached hydrogen (secondary N) is 1. The van der Waals surface area contributed by atoms with Crippen molar-refractivity contribution in [3.8, 4) is 0 Å². The molecule has 1 unspecified atom stereocenters. The second kappa shape index (κ2) is 6.24. The number of nitrogens with two attached hydrogens (primary N) is 1. The largest absolute Gasteiger partial charge is 0.377 e. The summed E-state index contributed by atoms with van der Waals surface area (Å²) in [7, 11) is 0. The van der Waals surface area contributed by atoms with Gasteiger partial charge in [-0.15, -0.1) is 0 Å². The van der Waals surface area contributed by atoms with Gasteiger partial charge in [0.1, 0.15) is 5.82 Å². The van der Waals surface area contributed by atoms with Crippen LogP contribution in [0.2, 0.25) is 10.0 Å². The Morgan fingerprint density at radius 1 is 1.11 bits per heavy atom. The SMILES string of the molecule is NCC(Nc1ccc(Cl)cc1)c1c(F)cccc1Cl. The first-order chi connectivity index (χ1) is 9.11. The lowest BCUT2D eigenvalue weighted by molar-refractivity contribution is 0.593. The molecule has 2 aromatic rings. The predicted molar refractivity (Wildman–Crippen MR) is 78.3 cm³/mol. The molecule has 2 nitrogen and oxygen atoms in total. The third-order valence-electron chi connectivity index (χ3n) is 2.77. The molecule has 0 aliphatic heterocycles. The maximum absolute atomic E-state index is 13.9. The van der Waals surface area contributed by atoms with Gasteiger partial charge in [0.2, 0.25) is 0 Å². The van der Waals surface area contributed by atoms with Crippen LogP contribution in [0.4, 0.5) is 10.1 Å². The van der Waals surface area contributed by atoms with Crippen LogP contribution in [0.25, 0.3) is 0 Å². The predicted octanol–water partition coefficient (Wildman–Crippen LogP) is 4.24. The van der Waals surface area contributed by atoms with E-state index in [1.807, 2.05) is 0 Å². The van der Waals surface area contributed by atoms with Crippen molar-refractivity contribution >= 4 is 28.9 Å². The maximum Gasteiger partial charge on any atom is 0.130 e. The van der Waals surface area contributed by atoms with E-state index in [-0.39, 0.29) is 12.4 Å². The first-order valence-electron chi connectivity index (χ1n) is 5.78. The Hall–Kier alpha value is -1.29. The van der Waals surface area contributed by atoms with E-state index in [1.165, 1.54) is 6.07 Å². The monoisotopic (exact) mass is 298 g/mol. The number of hydrogen-bond acceptors (Lipinski definition) is 2. The van der Waals surface area contributed by atoms with Gasteiger partial charge in [0, 0.05) is 27.8 Å². The Balaban J connectivity index is 2.27. The number of anilines is 1. The summed E-state index contributed by atoms with van der Waals surface area (Å²) in [5, 5.41) is 4.14. The van der Waals surface area contributed by atoms with Gasteiger partial charge in [0.25, 0.3) is 0 Å². The highest BCUT2D eigenvalue weighted by Crippen LogP contribution is 2.28. The average molecular weight is 299 g/mol. The van der Waals surface area contributed by atoms with E-state index in [2.05, 4.69) is 5.32 Å². The first-order valence-corrected chi connectivity index (χ1v) is 6.53. The van der Waals surface area contributed by atoms with Gasteiger partial charge in [-0.25, -0.2) is 4.39 Å². The van der Waals surface area contributed by atoms with Gasteiger partial charge < -0.3 is 11.1 Å². The van der Waals surface area contributed by atoms with Crippen molar-refractivity contribution < 1.29 is 4.39 Å². The molecule has 0 fully saturated rings. The average Bonchev–Trinajstić information content (AvgIpc) is 2.39. The van der Waals surface area contributed by atoms with E-state index in [0.717, 1.165) is 5.69 Å². The zero-order valence-electron chi connectivity index (χ0n) is 10.0. The quantitative estimate of drug-likeness (QED) is 0.886. The van der Waals surface area contributed by atoms with E-state index in [1.54, 1.807) is 36.4 Å². The standard InChI is InChI=1S/C14H13Cl2FN2/c15-9-4-6-10(7-5-9)19-13(8-18)14-11(16)2-1-3-12(14)17/h1-7,13,19H,8,18H2. The van der Waals surface area contributed by atoms with Gasteiger partial charge in [-0.2, -0.15) is 0 Å². The molecular weight excluding hydrogens is 286 g/mol. The minimum absolute atomic E-state index is 0.225. The first kappa shape index (κ1) is 14.1. The Labute approximate surface area is 121 Å². The molecule has 0 aliphatic carbocycles. The molecule has 3 N–H and O–H groups in total. The molecule has 19 heavy (non-hydrogen) atoms. The van der Waals surface area contributed by atoms with Gasteiger partial charge >= 0.3 is 0 Å². The number of benzene rings is 2. The van der Waals surface area contributed by atoms with Gasteiger partial charge in [-0.3, -0.25) is 0 Å². The van der Waals surface area contributed by atoms with E-state index in [0.29, 0.717) is 15.6 Å². The van der Waals surface area contributed by atoms with E-state index in [9.17, 15) is 4.39 Å². The van der Waals surface area contributed by atoms with E-state index >= 15 is 0 Å². The summed E-state index contributed by atoms with van der Waals surface area (Å²) in [5.74, 6) is -0.371. The van der Waals surface area contributed by atoms with Crippen molar-refractivity contribution in [1.82, 2.24) is 0 Å². The lowest BCUT2D eigenvalue weighted by Gasteiger charge is -2.20. The molecule has 0 aliphatic rings. The molecule has 0 saturated carbocycles. The zero-order valence-corrected chi connectivity index (χ0v) is 11.5. The molecular formula is C14H13Cl2FN2. The van der Waals surface area contributed by atoms with Crippen molar-refractivity contribution in [2.24, 2.45) is 5.73 Å². The van der Waals surface area contributed by atoms with Crippen LogP contribution >= 0.6 is 23.2 Å². The fourth-order valence-corrected chi connectivity index (χ4v) is 2.26. The van der Waals surface area contributed by atoms with Crippen LogP contribution in [0.5, 0.6) is 0 Å². The minimum atomic E-state index is -0.394. The van der Waals surface area contributed by atoms with Crippen molar-refractivity contribution in [1.29, 1.82) is 0 Å². The Morgan fingerprint density at radius 2 is 1.79 bits per heavy atom. The minimum Gasteiger partial charge on any atom is -0.377 e. The molecule has 0 saturated heterocycles. The topological polar surface area (TPSA) is 38.0 Å². The maximum atomic E-state index is 13.9. The molecule has 2 rings (SSSR count). The summed E-state index contributed by atoms with van der Waals surface area (Å²) >= 11 is 11.9. The normalized spacial score (nSPS) is 12.2. The zero-order chi connectivity index (χ0) is 13.8. The molecule has 0 amide bonds. The molecule has 0 aromatic heterocycles.